The van der Waals surface area contributed by atoms with Crippen molar-refractivity contribution in [1.29, 1.82) is 0 Å². The van der Waals surface area contributed by atoms with Gasteiger partial charge in [0.05, 0.1) is 0 Å². The first-order valence-electron chi connectivity index (χ1n) is 6.81. The van der Waals surface area contributed by atoms with Gasteiger partial charge in [-0.05, 0) is 37.9 Å². The third-order valence-corrected chi connectivity index (χ3v) is 3.19. The van der Waals surface area contributed by atoms with Gasteiger partial charge in [-0.25, -0.2) is 0 Å². The Balaban J connectivity index is 1.62. The molecule has 2 N–H and O–H groups in total. The molecule has 9 heteroatoms. The van der Waals surface area contributed by atoms with Crippen molar-refractivity contribution in [1.82, 2.24) is 25.1 Å². The molecule has 0 atom stereocenters. The SMILES string of the molecule is FC(F)(F)c1nnc2ccc(NCCCNC3CC3)nn12. The number of rotatable bonds is 6. The molecule has 0 aromatic carbocycles. The lowest BCUT2D eigenvalue weighted by Crippen LogP contribution is -2.20. The lowest BCUT2D eigenvalue weighted by Gasteiger charge is -2.07. The lowest BCUT2D eigenvalue weighted by molar-refractivity contribution is -0.146. The van der Waals surface area contributed by atoms with Crippen molar-refractivity contribution in [2.24, 2.45) is 0 Å². The maximum atomic E-state index is 12.7. The molecule has 2 aromatic rings. The van der Waals surface area contributed by atoms with E-state index in [1.165, 1.54) is 18.9 Å². The topological polar surface area (TPSA) is 67.1 Å². The number of aromatic nitrogens is 4. The molecule has 114 valence electrons. The highest BCUT2D eigenvalue weighted by atomic mass is 19.4. The number of hydrogen-bond acceptors (Lipinski definition) is 5. The zero-order chi connectivity index (χ0) is 14.9. The molecule has 2 aromatic heterocycles. The second kappa shape index (κ2) is 5.47. The molecule has 0 bridgehead atoms. The van der Waals surface area contributed by atoms with Crippen molar-refractivity contribution in [3.8, 4) is 0 Å². The van der Waals surface area contributed by atoms with E-state index in [0.717, 1.165) is 13.0 Å². The van der Waals surface area contributed by atoms with Gasteiger partial charge in [-0.2, -0.15) is 17.7 Å². The molecule has 0 radical (unpaired) electrons. The van der Waals surface area contributed by atoms with Gasteiger partial charge in [0.2, 0.25) is 0 Å². The molecular weight excluding hydrogens is 285 g/mol. The number of fused-ring (bicyclic) bond motifs is 1. The molecule has 21 heavy (non-hydrogen) atoms. The number of anilines is 1. The maximum Gasteiger partial charge on any atom is 0.453 e. The highest BCUT2D eigenvalue weighted by Gasteiger charge is 2.37. The zero-order valence-corrected chi connectivity index (χ0v) is 11.2. The van der Waals surface area contributed by atoms with Crippen LogP contribution in [0.2, 0.25) is 0 Å². The zero-order valence-electron chi connectivity index (χ0n) is 11.2. The van der Waals surface area contributed by atoms with Gasteiger partial charge in [0.25, 0.3) is 5.82 Å². The largest absolute Gasteiger partial charge is 0.453 e. The van der Waals surface area contributed by atoms with Gasteiger partial charge in [0, 0.05) is 12.6 Å². The van der Waals surface area contributed by atoms with E-state index in [-0.39, 0.29) is 5.65 Å². The van der Waals surface area contributed by atoms with Gasteiger partial charge in [0.1, 0.15) is 5.82 Å². The van der Waals surface area contributed by atoms with Crippen LogP contribution in [0.15, 0.2) is 12.1 Å². The first-order valence-corrected chi connectivity index (χ1v) is 6.81. The van der Waals surface area contributed by atoms with Crippen LogP contribution in [0.3, 0.4) is 0 Å². The van der Waals surface area contributed by atoms with Crippen LogP contribution in [0.1, 0.15) is 25.1 Å². The molecule has 1 aliphatic carbocycles. The summed E-state index contributed by atoms with van der Waals surface area (Å²) in [5.74, 6) is -0.740. The lowest BCUT2D eigenvalue weighted by atomic mass is 10.4. The van der Waals surface area contributed by atoms with E-state index >= 15 is 0 Å². The Hall–Kier alpha value is -1.90. The summed E-state index contributed by atoms with van der Waals surface area (Å²) in [6.07, 6.45) is -1.22. The summed E-state index contributed by atoms with van der Waals surface area (Å²) in [5.41, 5.74) is 0.0725. The van der Waals surface area contributed by atoms with Crippen molar-refractivity contribution >= 4 is 11.5 Å². The molecule has 0 spiro atoms. The Labute approximate surface area is 118 Å². The van der Waals surface area contributed by atoms with Crippen LogP contribution in [0.4, 0.5) is 19.0 Å². The smallest absolute Gasteiger partial charge is 0.369 e. The van der Waals surface area contributed by atoms with Crippen LogP contribution in [0.25, 0.3) is 5.65 Å². The quantitative estimate of drug-likeness (QED) is 0.795. The van der Waals surface area contributed by atoms with Crippen LogP contribution in [0.5, 0.6) is 0 Å². The van der Waals surface area contributed by atoms with Crippen molar-refractivity contribution in [2.75, 3.05) is 18.4 Å². The third-order valence-electron chi connectivity index (χ3n) is 3.19. The van der Waals surface area contributed by atoms with E-state index in [1.54, 1.807) is 6.07 Å². The van der Waals surface area contributed by atoms with Gasteiger partial charge in [-0.15, -0.1) is 15.3 Å². The van der Waals surface area contributed by atoms with E-state index in [4.69, 9.17) is 0 Å². The molecule has 6 nitrogen and oxygen atoms in total. The number of alkyl halides is 3. The summed E-state index contributed by atoms with van der Waals surface area (Å²) in [6, 6.07) is 3.71. The number of nitrogens with one attached hydrogen (secondary N) is 2. The summed E-state index contributed by atoms with van der Waals surface area (Å²) >= 11 is 0. The fourth-order valence-corrected chi connectivity index (χ4v) is 1.96. The van der Waals surface area contributed by atoms with Crippen molar-refractivity contribution in [3.63, 3.8) is 0 Å². The van der Waals surface area contributed by atoms with Gasteiger partial charge in [-0.1, -0.05) is 0 Å². The fraction of sp³-hybridized carbons (Fsp3) is 0.583. The van der Waals surface area contributed by atoms with Crippen LogP contribution in [-0.2, 0) is 6.18 Å². The second-order valence-electron chi connectivity index (χ2n) is 5.02. The summed E-state index contributed by atoms with van der Waals surface area (Å²) in [4.78, 5) is 0. The minimum atomic E-state index is -4.57. The predicted octanol–water partition coefficient (Wildman–Crippen LogP) is 1.70. The number of halogens is 3. The van der Waals surface area contributed by atoms with Gasteiger partial charge >= 0.3 is 6.18 Å². The fourth-order valence-electron chi connectivity index (χ4n) is 1.96. The second-order valence-corrected chi connectivity index (χ2v) is 5.02. The predicted molar refractivity (Wildman–Crippen MR) is 69.9 cm³/mol. The Kier molecular flexibility index (Phi) is 3.66. The van der Waals surface area contributed by atoms with Crippen molar-refractivity contribution in [2.45, 2.75) is 31.5 Å². The van der Waals surface area contributed by atoms with E-state index in [0.29, 0.717) is 22.9 Å². The first kappa shape index (κ1) is 14.1. The van der Waals surface area contributed by atoms with E-state index < -0.39 is 12.0 Å². The summed E-state index contributed by atoms with van der Waals surface area (Å²) in [6.45, 7) is 1.53. The average Bonchev–Trinajstić information content (AvgIpc) is 3.14. The summed E-state index contributed by atoms with van der Waals surface area (Å²) in [5, 5.41) is 16.8. The molecule has 1 saturated carbocycles. The Morgan fingerprint density at radius 2 is 2.00 bits per heavy atom. The monoisotopic (exact) mass is 300 g/mol. The van der Waals surface area contributed by atoms with E-state index in [9.17, 15) is 13.2 Å². The summed E-state index contributed by atoms with van der Waals surface area (Å²) in [7, 11) is 0. The van der Waals surface area contributed by atoms with Gasteiger partial charge in [-0.3, -0.25) is 0 Å². The number of nitrogens with zero attached hydrogens (tertiary/aromatic N) is 4. The Morgan fingerprint density at radius 1 is 1.19 bits per heavy atom. The number of hydrogen-bond donors (Lipinski definition) is 2. The minimum absolute atomic E-state index is 0.0725. The highest BCUT2D eigenvalue weighted by Crippen LogP contribution is 2.27. The van der Waals surface area contributed by atoms with Crippen molar-refractivity contribution < 1.29 is 13.2 Å². The molecule has 1 fully saturated rings. The van der Waals surface area contributed by atoms with Crippen molar-refractivity contribution in [3.05, 3.63) is 18.0 Å². The van der Waals surface area contributed by atoms with Crippen LogP contribution in [-0.4, -0.2) is 38.9 Å². The minimum Gasteiger partial charge on any atom is -0.369 e. The van der Waals surface area contributed by atoms with E-state index in [1.807, 2.05) is 0 Å². The van der Waals surface area contributed by atoms with Crippen LogP contribution < -0.4 is 10.6 Å². The summed E-state index contributed by atoms with van der Waals surface area (Å²) < 4.78 is 38.9. The molecule has 3 rings (SSSR count). The molecule has 0 aliphatic heterocycles. The maximum absolute atomic E-state index is 12.7. The first-order chi connectivity index (χ1) is 10.0. The van der Waals surface area contributed by atoms with Gasteiger partial charge in [0.15, 0.2) is 5.65 Å². The standard InChI is InChI=1S/C12H15F3N6/c13-12(14,15)11-19-18-10-5-4-9(20-21(10)11)17-7-1-6-16-8-2-3-8/h4-5,8,16H,1-3,6-7H2,(H,17,20). The normalized spacial score (nSPS) is 15.6. The highest BCUT2D eigenvalue weighted by molar-refractivity contribution is 5.44. The van der Waals surface area contributed by atoms with Crippen LogP contribution >= 0.6 is 0 Å². The van der Waals surface area contributed by atoms with Crippen LogP contribution in [0, 0.1) is 0 Å². The molecule has 1 aliphatic rings. The molecule has 2 heterocycles. The molecule has 0 saturated heterocycles. The van der Waals surface area contributed by atoms with E-state index in [2.05, 4.69) is 25.9 Å². The Morgan fingerprint density at radius 3 is 2.71 bits per heavy atom. The third kappa shape index (κ3) is 3.41. The molecule has 0 amide bonds. The molecule has 0 unspecified atom stereocenters. The Bertz CT molecular complexity index is 619. The van der Waals surface area contributed by atoms with Gasteiger partial charge < -0.3 is 10.6 Å². The average molecular weight is 300 g/mol. The molecular formula is C12H15F3N6.